The van der Waals surface area contributed by atoms with Crippen LogP contribution in [0.3, 0.4) is 0 Å². The van der Waals surface area contributed by atoms with Crippen molar-refractivity contribution in [3.8, 4) is 5.75 Å². The van der Waals surface area contributed by atoms with Gasteiger partial charge in [-0.25, -0.2) is 8.42 Å². The van der Waals surface area contributed by atoms with Gasteiger partial charge in [0.05, 0.1) is 7.11 Å². The van der Waals surface area contributed by atoms with Crippen molar-refractivity contribution in [1.29, 1.82) is 0 Å². The second-order valence-electron chi connectivity index (χ2n) is 7.21. The SMILES string of the molecule is COc1ccc(Cl)cc1S(=O)(=O)N1CCCN(Cc2ccc(NC(C)=O)cc2)CC1. The summed E-state index contributed by atoms with van der Waals surface area (Å²) < 4.78 is 33.1. The molecule has 0 aromatic heterocycles. The van der Waals surface area contributed by atoms with E-state index >= 15 is 0 Å². The summed E-state index contributed by atoms with van der Waals surface area (Å²) in [5.41, 5.74) is 1.87. The average Bonchev–Trinajstić information content (AvgIpc) is 2.95. The zero-order valence-electron chi connectivity index (χ0n) is 17.1. The van der Waals surface area contributed by atoms with Crippen molar-refractivity contribution >= 4 is 33.2 Å². The third-order valence-electron chi connectivity index (χ3n) is 4.97. The summed E-state index contributed by atoms with van der Waals surface area (Å²) in [4.78, 5) is 13.5. The molecule has 2 aromatic rings. The predicted molar refractivity (Wildman–Crippen MR) is 117 cm³/mol. The predicted octanol–water partition coefficient (Wildman–Crippen LogP) is 3.20. The summed E-state index contributed by atoms with van der Waals surface area (Å²) in [5, 5.41) is 3.11. The lowest BCUT2D eigenvalue weighted by molar-refractivity contribution is -0.114. The van der Waals surface area contributed by atoms with E-state index in [2.05, 4.69) is 10.2 Å². The third kappa shape index (κ3) is 5.51. The summed E-state index contributed by atoms with van der Waals surface area (Å²) in [5.74, 6) is 0.188. The number of methoxy groups -OCH3 is 1. The average molecular weight is 452 g/mol. The van der Waals surface area contributed by atoms with Crippen LogP contribution in [0, 0.1) is 0 Å². The van der Waals surface area contributed by atoms with E-state index in [1.54, 1.807) is 12.1 Å². The quantitative estimate of drug-likeness (QED) is 0.729. The Hall–Kier alpha value is -2.13. The Balaban J connectivity index is 1.67. The lowest BCUT2D eigenvalue weighted by Crippen LogP contribution is -2.35. The summed E-state index contributed by atoms with van der Waals surface area (Å²) in [7, 11) is -2.26. The van der Waals surface area contributed by atoms with Gasteiger partial charge in [0.25, 0.3) is 0 Å². The molecule has 162 valence electrons. The first kappa shape index (κ1) is 22.6. The number of nitrogens with one attached hydrogen (secondary N) is 1. The van der Waals surface area contributed by atoms with Crippen LogP contribution in [-0.2, 0) is 21.4 Å². The number of halogens is 1. The van der Waals surface area contributed by atoms with Crippen LogP contribution in [0.25, 0.3) is 0 Å². The highest BCUT2D eigenvalue weighted by Gasteiger charge is 2.29. The first-order valence-electron chi connectivity index (χ1n) is 9.72. The summed E-state index contributed by atoms with van der Waals surface area (Å²) >= 11 is 6.03. The molecule has 0 bridgehead atoms. The van der Waals surface area contributed by atoms with E-state index in [9.17, 15) is 13.2 Å². The molecule has 1 aliphatic heterocycles. The molecule has 0 saturated carbocycles. The number of benzene rings is 2. The van der Waals surface area contributed by atoms with Gasteiger partial charge in [-0.05, 0) is 48.9 Å². The Morgan fingerprint density at radius 1 is 1.10 bits per heavy atom. The van der Waals surface area contributed by atoms with E-state index in [-0.39, 0.29) is 10.8 Å². The van der Waals surface area contributed by atoms with E-state index < -0.39 is 10.0 Å². The van der Waals surface area contributed by atoms with Crippen LogP contribution in [0.15, 0.2) is 47.4 Å². The van der Waals surface area contributed by atoms with E-state index in [0.717, 1.165) is 24.2 Å². The molecule has 0 atom stereocenters. The summed E-state index contributed by atoms with van der Waals surface area (Å²) in [6.45, 7) is 4.44. The molecule has 1 heterocycles. The van der Waals surface area contributed by atoms with Crippen molar-refractivity contribution in [2.45, 2.75) is 24.8 Å². The lowest BCUT2D eigenvalue weighted by Gasteiger charge is -2.22. The maximum atomic E-state index is 13.2. The van der Waals surface area contributed by atoms with Crippen molar-refractivity contribution in [2.75, 3.05) is 38.6 Å². The van der Waals surface area contributed by atoms with Crippen LogP contribution in [0.4, 0.5) is 5.69 Å². The minimum Gasteiger partial charge on any atom is -0.495 e. The second-order valence-corrected chi connectivity index (χ2v) is 9.55. The highest BCUT2D eigenvalue weighted by atomic mass is 35.5. The smallest absolute Gasteiger partial charge is 0.246 e. The van der Waals surface area contributed by atoms with Gasteiger partial charge in [-0.3, -0.25) is 9.69 Å². The Morgan fingerprint density at radius 2 is 1.83 bits per heavy atom. The maximum Gasteiger partial charge on any atom is 0.246 e. The number of amides is 1. The zero-order chi connectivity index (χ0) is 21.7. The largest absolute Gasteiger partial charge is 0.495 e. The number of carbonyl (C=O) groups excluding carboxylic acids is 1. The van der Waals surface area contributed by atoms with Gasteiger partial charge in [-0.1, -0.05) is 23.7 Å². The molecule has 30 heavy (non-hydrogen) atoms. The van der Waals surface area contributed by atoms with Gasteiger partial charge >= 0.3 is 0 Å². The highest BCUT2D eigenvalue weighted by Crippen LogP contribution is 2.30. The maximum absolute atomic E-state index is 13.2. The lowest BCUT2D eigenvalue weighted by atomic mass is 10.2. The van der Waals surface area contributed by atoms with E-state index in [1.807, 2.05) is 24.3 Å². The third-order valence-corrected chi connectivity index (χ3v) is 7.13. The molecule has 1 amide bonds. The van der Waals surface area contributed by atoms with Crippen molar-refractivity contribution < 1.29 is 17.9 Å². The molecule has 7 nitrogen and oxygen atoms in total. The molecule has 1 aliphatic rings. The zero-order valence-corrected chi connectivity index (χ0v) is 18.7. The first-order chi connectivity index (χ1) is 14.3. The molecule has 0 radical (unpaired) electrons. The van der Waals surface area contributed by atoms with E-state index in [1.165, 1.54) is 24.4 Å². The van der Waals surface area contributed by atoms with Crippen LogP contribution in [0.5, 0.6) is 5.75 Å². The molecule has 2 aromatic carbocycles. The van der Waals surface area contributed by atoms with Crippen molar-refractivity contribution in [3.63, 3.8) is 0 Å². The molecule has 3 rings (SSSR count). The van der Waals surface area contributed by atoms with Crippen molar-refractivity contribution in [2.24, 2.45) is 0 Å². The van der Waals surface area contributed by atoms with Crippen LogP contribution >= 0.6 is 11.6 Å². The van der Waals surface area contributed by atoms with Gasteiger partial charge in [0.15, 0.2) is 0 Å². The fourth-order valence-corrected chi connectivity index (χ4v) is 5.38. The number of carbonyl (C=O) groups is 1. The number of rotatable bonds is 6. The van der Waals surface area contributed by atoms with E-state index in [0.29, 0.717) is 37.0 Å². The fourth-order valence-electron chi connectivity index (χ4n) is 3.49. The van der Waals surface area contributed by atoms with Crippen LogP contribution in [0.2, 0.25) is 5.02 Å². The van der Waals surface area contributed by atoms with E-state index in [4.69, 9.17) is 16.3 Å². The van der Waals surface area contributed by atoms with Crippen molar-refractivity contribution in [3.05, 3.63) is 53.1 Å². The summed E-state index contributed by atoms with van der Waals surface area (Å²) in [6, 6.07) is 12.3. The van der Waals surface area contributed by atoms with Gasteiger partial charge in [-0.2, -0.15) is 4.31 Å². The molecular formula is C21H26ClN3O4S. The first-order valence-corrected chi connectivity index (χ1v) is 11.5. The van der Waals surface area contributed by atoms with Crippen LogP contribution in [-0.4, -0.2) is 56.8 Å². The van der Waals surface area contributed by atoms with Gasteiger partial charge in [0, 0.05) is 43.8 Å². The monoisotopic (exact) mass is 451 g/mol. The Morgan fingerprint density at radius 3 is 2.50 bits per heavy atom. The standard InChI is InChI=1S/C21H26ClN3O4S/c1-16(26)23-19-7-4-17(5-8-19)15-24-10-3-11-25(13-12-24)30(27,28)21-14-18(22)6-9-20(21)29-2/h4-9,14H,3,10-13,15H2,1-2H3,(H,23,26). The molecular weight excluding hydrogens is 426 g/mol. The van der Waals surface area contributed by atoms with Crippen LogP contribution in [0.1, 0.15) is 18.9 Å². The normalized spacial score (nSPS) is 16.1. The molecule has 1 saturated heterocycles. The number of anilines is 1. The number of hydrogen-bond donors (Lipinski definition) is 1. The highest BCUT2D eigenvalue weighted by molar-refractivity contribution is 7.89. The number of ether oxygens (including phenoxy) is 1. The molecule has 9 heteroatoms. The van der Waals surface area contributed by atoms with Gasteiger partial charge in [-0.15, -0.1) is 0 Å². The van der Waals surface area contributed by atoms with Gasteiger partial charge < -0.3 is 10.1 Å². The minimum atomic E-state index is -3.71. The fraction of sp³-hybridized carbons (Fsp3) is 0.381. The van der Waals surface area contributed by atoms with Gasteiger partial charge in [0.1, 0.15) is 10.6 Å². The van der Waals surface area contributed by atoms with Gasteiger partial charge in [0.2, 0.25) is 15.9 Å². The Bertz CT molecular complexity index is 996. The second kappa shape index (κ2) is 9.78. The molecule has 1 fully saturated rings. The summed E-state index contributed by atoms with van der Waals surface area (Å²) in [6.07, 6.45) is 0.728. The van der Waals surface area contributed by atoms with Crippen LogP contribution < -0.4 is 10.1 Å². The molecule has 1 N–H and O–H groups in total. The number of nitrogens with zero attached hydrogens (tertiary/aromatic N) is 2. The molecule has 0 spiro atoms. The Kier molecular flexibility index (Phi) is 7.36. The molecule has 0 unspecified atom stereocenters. The number of hydrogen-bond acceptors (Lipinski definition) is 5. The van der Waals surface area contributed by atoms with Crippen molar-refractivity contribution in [1.82, 2.24) is 9.21 Å². The molecule has 0 aliphatic carbocycles. The Labute approximate surface area is 182 Å². The number of sulfonamides is 1. The minimum absolute atomic E-state index is 0.0968. The topological polar surface area (TPSA) is 79.0 Å².